The normalized spacial score (nSPS) is 45.0. The summed E-state index contributed by atoms with van der Waals surface area (Å²) in [6.07, 6.45) is 15.7. The monoisotopic (exact) mass is 374 g/mol. The number of rotatable bonds is 4. The summed E-state index contributed by atoms with van der Waals surface area (Å²) in [7, 11) is 4.20. The third-order valence-electron chi connectivity index (χ3n) is 9.73. The molecule has 5 unspecified atom stereocenters. The molecule has 150 valence electrons. The molecule has 0 amide bonds. The van der Waals surface area contributed by atoms with Crippen molar-refractivity contribution >= 4 is 13.5 Å². The van der Waals surface area contributed by atoms with Crippen LogP contribution in [0.15, 0.2) is 24.3 Å². The first-order valence-corrected chi connectivity index (χ1v) is 12.2. The van der Waals surface area contributed by atoms with Gasteiger partial charge in [0.25, 0.3) is 0 Å². The zero-order valence-electron chi connectivity index (χ0n) is 18.3. The van der Waals surface area contributed by atoms with Gasteiger partial charge in [-0.05, 0) is 18.3 Å². The van der Waals surface area contributed by atoms with E-state index < -0.39 is 0 Å². The van der Waals surface area contributed by atoms with E-state index in [1.165, 1.54) is 70.6 Å². The Morgan fingerprint density at radius 3 is 2.57 bits per heavy atom. The fraction of sp³-hybridized carbons (Fsp3) is 0.741. The number of hydrogen-bond donors (Lipinski definition) is 0. The summed E-state index contributed by atoms with van der Waals surface area (Å²) in [5.74, 6) is 6.83. The van der Waals surface area contributed by atoms with Gasteiger partial charge in [-0.25, -0.2) is 0 Å². The van der Waals surface area contributed by atoms with Gasteiger partial charge in [0, 0.05) is 0 Å². The van der Waals surface area contributed by atoms with Crippen LogP contribution >= 0.6 is 0 Å². The van der Waals surface area contributed by atoms with Crippen molar-refractivity contribution in [1.82, 2.24) is 0 Å². The Morgan fingerprint density at radius 1 is 1.04 bits per heavy atom. The second-order valence-electron chi connectivity index (χ2n) is 11.6. The van der Waals surface area contributed by atoms with Gasteiger partial charge < -0.3 is 0 Å². The summed E-state index contributed by atoms with van der Waals surface area (Å²) in [6.45, 7) is 4.95. The van der Waals surface area contributed by atoms with E-state index in [2.05, 4.69) is 51.6 Å². The van der Waals surface area contributed by atoms with E-state index in [-0.39, 0.29) is 0 Å². The van der Waals surface area contributed by atoms with Crippen LogP contribution in [0.25, 0.3) is 0 Å². The number of hydrogen-bond acceptors (Lipinski definition) is 0. The van der Waals surface area contributed by atoms with Gasteiger partial charge in [0.1, 0.15) is 0 Å². The molecule has 28 heavy (non-hydrogen) atoms. The Balaban J connectivity index is 1.29. The van der Waals surface area contributed by atoms with Crippen molar-refractivity contribution in [2.45, 2.75) is 90.4 Å². The standard InChI is InChI=1S/C27H39B/c1-19-10-13-27(16-21(14-19)17-27)15-20-6-8-22(9-7-20)23-11-12-26(2,18-28)25-5-3-4-24(23)25/h6-9,18-19,21,23-25,28H,3-5,10-17H2,1-2H3. The van der Waals surface area contributed by atoms with E-state index in [4.69, 9.17) is 0 Å². The average Bonchev–Trinajstić information content (AvgIpc) is 3.05. The molecule has 0 aromatic heterocycles. The second-order valence-corrected chi connectivity index (χ2v) is 11.6. The van der Waals surface area contributed by atoms with Crippen LogP contribution in [0.1, 0.15) is 95.1 Å². The van der Waals surface area contributed by atoms with Gasteiger partial charge in [0.2, 0.25) is 0 Å². The third-order valence-corrected chi connectivity index (χ3v) is 9.73. The van der Waals surface area contributed by atoms with Crippen LogP contribution in [0.2, 0.25) is 0 Å². The van der Waals surface area contributed by atoms with Crippen molar-refractivity contribution < 1.29 is 0 Å². The maximum atomic E-state index is 4.20. The topological polar surface area (TPSA) is 0 Å². The fourth-order valence-corrected chi connectivity index (χ4v) is 8.15. The molecule has 5 fully saturated rings. The van der Waals surface area contributed by atoms with Gasteiger partial charge >= 0.3 is 142 Å². The van der Waals surface area contributed by atoms with E-state index in [9.17, 15) is 0 Å². The third kappa shape index (κ3) is 3.25. The molecule has 5 saturated carbocycles. The number of fused-ring (bicyclic) bond motifs is 4. The van der Waals surface area contributed by atoms with E-state index in [0.29, 0.717) is 10.8 Å². The van der Waals surface area contributed by atoms with E-state index in [1.807, 2.05) is 0 Å². The Hall–Kier alpha value is -0.845. The first-order valence-electron chi connectivity index (χ1n) is 12.2. The van der Waals surface area contributed by atoms with Crippen LogP contribution in [0.4, 0.5) is 0 Å². The minimum atomic E-state index is 0.383. The van der Waals surface area contributed by atoms with Crippen LogP contribution < -0.4 is 0 Å². The molecule has 1 aromatic carbocycles. The Kier molecular flexibility index (Phi) is 4.88. The Labute approximate surface area is 174 Å². The Bertz CT molecular complexity index is 712. The van der Waals surface area contributed by atoms with Crippen LogP contribution in [-0.4, -0.2) is 13.5 Å². The molecular formula is C27H39B. The van der Waals surface area contributed by atoms with Gasteiger partial charge in [-0.15, -0.1) is 0 Å². The first-order chi connectivity index (χ1) is 13.5. The summed E-state index contributed by atoms with van der Waals surface area (Å²) in [4.78, 5) is 0. The molecule has 0 nitrogen and oxygen atoms in total. The van der Waals surface area contributed by atoms with Gasteiger partial charge in [-0.2, -0.15) is 0 Å². The molecule has 6 rings (SSSR count). The molecule has 0 saturated heterocycles. The predicted octanol–water partition coefficient (Wildman–Crippen LogP) is 6.45. The van der Waals surface area contributed by atoms with E-state index in [1.54, 1.807) is 11.1 Å². The molecule has 0 N–H and O–H groups in total. The summed E-state index contributed by atoms with van der Waals surface area (Å²) in [6, 6.07) is 10.0. The summed E-state index contributed by atoms with van der Waals surface area (Å²) in [5.41, 5.74) is 4.27. The van der Waals surface area contributed by atoms with Crippen LogP contribution in [0.3, 0.4) is 0 Å². The molecule has 0 radical (unpaired) electrons. The van der Waals surface area contributed by atoms with Crippen LogP contribution in [0, 0.1) is 34.5 Å². The van der Waals surface area contributed by atoms with Gasteiger partial charge in [-0.1, -0.05) is 13.3 Å². The zero-order chi connectivity index (χ0) is 19.4. The molecule has 2 bridgehead atoms. The molecule has 1 heteroatoms. The SMILES string of the molecule is B=CC1(C)CCC(c2ccc(CC34CCC(C)CC(C3)C4)cc2)C2CCCC21. The van der Waals surface area contributed by atoms with Gasteiger partial charge in [0.05, 0.1) is 0 Å². The van der Waals surface area contributed by atoms with Crippen LogP contribution in [0.5, 0.6) is 0 Å². The van der Waals surface area contributed by atoms with Crippen molar-refractivity contribution in [2.24, 2.45) is 34.5 Å². The molecule has 0 aliphatic heterocycles. The summed E-state index contributed by atoms with van der Waals surface area (Å²) < 4.78 is 0. The van der Waals surface area contributed by atoms with Crippen molar-refractivity contribution in [3.8, 4) is 0 Å². The Morgan fingerprint density at radius 2 is 1.82 bits per heavy atom. The zero-order valence-corrected chi connectivity index (χ0v) is 18.3. The number of benzene rings is 1. The summed E-state index contributed by atoms with van der Waals surface area (Å²) in [5, 5.41) is 0. The quantitative estimate of drug-likeness (QED) is 0.531. The van der Waals surface area contributed by atoms with Crippen molar-refractivity contribution in [3.63, 3.8) is 0 Å². The van der Waals surface area contributed by atoms with Crippen LogP contribution in [-0.2, 0) is 6.42 Å². The molecule has 5 aliphatic carbocycles. The fourth-order valence-electron chi connectivity index (χ4n) is 8.15. The second kappa shape index (κ2) is 7.14. The molecular weight excluding hydrogens is 335 g/mol. The molecule has 0 spiro atoms. The maximum absolute atomic E-state index is 4.20. The first kappa shape index (κ1) is 19.1. The molecule has 0 heterocycles. The average molecular weight is 374 g/mol. The van der Waals surface area contributed by atoms with Gasteiger partial charge in [-0.3, -0.25) is 0 Å². The summed E-state index contributed by atoms with van der Waals surface area (Å²) >= 11 is 0. The van der Waals surface area contributed by atoms with Crippen molar-refractivity contribution in [2.75, 3.05) is 0 Å². The molecule has 1 aromatic rings. The van der Waals surface area contributed by atoms with Crippen molar-refractivity contribution in [1.29, 1.82) is 0 Å². The minimum absolute atomic E-state index is 0.383. The predicted molar refractivity (Wildman–Crippen MR) is 122 cm³/mol. The van der Waals surface area contributed by atoms with E-state index >= 15 is 0 Å². The van der Waals surface area contributed by atoms with Gasteiger partial charge in [0.15, 0.2) is 0 Å². The molecule has 5 atom stereocenters. The molecule has 5 aliphatic rings. The van der Waals surface area contributed by atoms with Crippen molar-refractivity contribution in [3.05, 3.63) is 35.4 Å². The van der Waals surface area contributed by atoms with E-state index in [0.717, 1.165) is 29.6 Å².